The highest BCUT2D eigenvalue weighted by Gasteiger charge is 2.35. The molecule has 2 N–H and O–H groups in total. The molecule has 1 aromatic carbocycles. The van der Waals surface area contributed by atoms with Crippen LogP contribution >= 0.6 is 15.9 Å². The van der Waals surface area contributed by atoms with Gasteiger partial charge in [-0.3, -0.25) is 4.90 Å². The summed E-state index contributed by atoms with van der Waals surface area (Å²) in [6.45, 7) is 4.38. The van der Waals surface area contributed by atoms with Gasteiger partial charge < -0.3 is 10.1 Å². The Hall–Kier alpha value is -1.17. The van der Waals surface area contributed by atoms with Crippen molar-refractivity contribution in [3.63, 3.8) is 0 Å². The van der Waals surface area contributed by atoms with Crippen LogP contribution in [-0.4, -0.2) is 33.1 Å². The zero-order valence-corrected chi connectivity index (χ0v) is 13.7. The van der Waals surface area contributed by atoms with Crippen LogP contribution < -0.4 is 0 Å². The highest BCUT2D eigenvalue weighted by molar-refractivity contribution is 9.10. The van der Waals surface area contributed by atoms with E-state index in [-0.39, 0.29) is 0 Å². The van der Waals surface area contributed by atoms with E-state index in [4.69, 9.17) is 0 Å². The van der Waals surface area contributed by atoms with E-state index in [2.05, 4.69) is 30.8 Å². The standard InChI is InChI=1S/C16H20BrN3O/c1-12-18-14(15(17)19-12)10-20-9-5-8-16(21,11-20)13-6-3-2-4-7-13/h2-4,6-7,21H,5,8-11H2,1H3,(H,18,19). The van der Waals surface area contributed by atoms with Crippen molar-refractivity contribution < 1.29 is 5.11 Å². The predicted molar refractivity (Wildman–Crippen MR) is 85.9 cm³/mol. The number of aliphatic hydroxyl groups is 1. The van der Waals surface area contributed by atoms with E-state index in [9.17, 15) is 5.11 Å². The number of aryl methyl sites for hydroxylation is 1. The van der Waals surface area contributed by atoms with E-state index in [1.807, 2.05) is 37.3 Å². The number of halogens is 1. The fourth-order valence-electron chi connectivity index (χ4n) is 3.08. The third-order valence-electron chi connectivity index (χ3n) is 4.09. The molecule has 0 saturated carbocycles. The van der Waals surface area contributed by atoms with Crippen LogP contribution in [0.1, 0.15) is 29.9 Å². The first-order valence-corrected chi connectivity index (χ1v) is 8.07. The predicted octanol–water partition coefficient (Wildman–Crippen LogP) is 2.96. The minimum absolute atomic E-state index is 0.654. The molecule has 1 aromatic heterocycles. The number of nitrogens with zero attached hydrogens (tertiary/aromatic N) is 2. The number of hydrogen-bond donors (Lipinski definition) is 2. The highest BCUT2D eigenvalue weighted by Crippen LogP contribution is 2.32. The zero-order chi connectivity index (χ0) is 14.9. The number of aromatic nitrogens is 2. The Morgan fingerprint density at radius 2 is 2.14 bits per heavy atom. The summed E-state index contributed by atoms with van der Waals surface area (Å²) in [6.07, 6.45) is 1.81. The number of likely N-dealkylation sites (tertiary alicyclic amines) is 1. The first kappa shape index (κ1) is 14.8. The van der Waals surface area contributed by atoms with Crippen molar-refractivity contribution in [1.82, 2.24) is 14.9 Å². The summed E-state index contributed by atoms with van der Waals surface area (Å²) in [5, 5.41) is 11.0. The summed E-state index contributed by atoms with van der Waals surface area (Å²) in [4.78, 5) is 9.91. The largest absolute Gasteiger partial charge is 0.384 e. The molecule has 2 heterocycles. The second-order valence-corrected chi connectivity index (χ2v) is 6.55. The van der Waals surface area contributed by atoms with Crippen LogP contribution in [0.15, 0.2) is 34.9 Å². The first-order chi connectivity index (χ1) is 10.1. The van der Waals surface area contributed by atoms with Crippen LogP contribution in [0.2, 0.25) is 0 Å². The number of imidazole rings is 1. The van der Waals surface area contributed by atoms with E-state index < -0.39 is 5.60 Å². The Bertz CT molecular complexity index is 613. The van der Waals surface area contributed by atoms with Gasteiger partial charge in [-0.15, -0.1) is 0 Å². The normalized spacial score (nSPS) is 23.4. The van der Waals surface area contributed by atoms with Gasteiger partial charge in [0.25, 0.3) is 0 Å². The van der Waals surface area contributed by atoms with E-state index in [0.29, 0.717) is 6.54 Å². The molecule has 0 radical (unpaired) electrons. The van der Waals surface area contributed by atoms with Gasteiger partial charge >= 0.3 is 0 Å². The number of H-pyrrole nitrogens is 1. The van der Waals surface area contributed by atoms with Gasteiger partial charge in [0, 0.05) is 13.1 Å². The topological polar surface area (TPSA) is 52.1 Å². The third-order valence-corrected chi connectivity index (χ3v) is 4.75. The molecule has 1 atom stereocenters. The van der Waals surface area contributed by atoms with Gasteiger partial charge in [-0.05, 0) is 47.8 Å². The Kier molecular flexibility index (Phi) is 4.15. The fraction of sp³-hybridized carbons (Fsp3) is 0.438. The molecule has 21 heavy (non-hydrogen) atoms. The van der Waals surface area contributed by atoms with Crippen LogP contribution in [0.25, 0.3) is 0 Å². The molecule has 3 rings (SSSR count). The van der Waals surface area contributed by atoms with Crippen molar-refractivity contribution in [2.75, 3.05) is 13.1 Å². The number of β-amino-alcohol motifs (C(OH)–C–C–N with tert-alkyl or cyclic N) is 1. The van der Waals surface area contributed by atoms with Crippen LogP contribution in [0.5, 0.6) is 0 Å². The number of hydrogen-bond acceptors (Lipinski definition) is 3. The first-order valence-electron chi connectivity index (χ1n) is 7.28. The molecule has 112 valence electrons. The van der Waals surface area contributed by atoms with Crippen molar-refractivity contribution >= 4 is 15.9 Å². The fourth-order valence-corrected chi connectivity index (χ4v) is 3.57. The minimum Gasteiger partial charge on any atom is -0.384 e. The second-order valence-electron chi connectivity index (χ2n) is 5.80. The molecular formula is C16H20BrN3O. The number of benzene rings is 1. The van der Waals surface area contributed by atoms with Crippen LogP contribution in [0.4, 0.5) is 0 Å². The highest BCUT2D eigenvalue weighted by atomic mass is 79.9. The molecule has 1 fully saturated rings. The van der Waals surface area contributed by atoms with Gasteiger partial charge in [0.1, 0.15) is 16.0 Å². The number of piperidine rings is 1. The summed E-state index contributed by atoms with van der Waals surface area (Å²) in [7, 11) is 0. The average Bonchev–Trinajstić information content (AvgIpc) is 2.78. The molecule has 1 saturated heterocycles. The van der Waals surface area contributed by atoms with Crippen molar-refractivity contribution in [3.05, 3.63) is 52.0 Å². The number of aromatic amines is 1. The van der Waals surface area contributed by atoms with Gasteiger partial charge in [0.15, 0.2) is 0 Å². The number of rotatable bonds is 3. The van der Waals surface area contributed by atoms with Crippen molar-refractivity contribution in [2.24, 2.45) is 0 Å². The Labute approximate surface area is 133 Å². The zero-order valence-electron chi connectivity index (χ0n) is 12.1. The summed E-state index contributed by atoms with van der Waals surface area (Å²) in [6, 6.07) is 9.99. The lowest BCUT2D eigenvalue weighted by atomic mass is 9.86. The molecule has 0 spiro atoms. The van der Waals surface area contributed by atoms with Crippen LogP contribution in [-0.2, 0) is 12.1 Å². The third kappa shape index (κ3) is 3.20. The van der Waals surface area contributed by atoms with Gasteiger partial charge in [0.2, 0.25) is 0 Å². The molecule has 2 aromatic rings. The van der Waals surface area contributed by atoms with Gasteiger partial charge in [-0.2, -0.15) is 0 Å². The van der Waals surface area contributed by atoms with E-state index >= 15 is 0 Å². The molecule has 1 aliphatic rings. The summed E-state index contributed by atoms with van der Waals surface area (Å²) in [5.41, 5.74) is 1.33. The van der Waals surface area contributed by atoms with Crippen molar-refractivity contribution in [1.29, 1.82) is 0 Å². The molecule has 0 bridgehead atoms. The van der Waals surface area contributed by atoms with Gasteiger partial charge in [-0.1, -0.05) is 30.3 Å². The summed E-state index contributed by atoms with van der Waals surface area (Å²) >= 11 is 3.49. The lowest BCUT2D eigenvalue weighted by Crippen LogP contribution is -2.45. The second kappa shape index (κ2) is 5.91. The Morgan fingerprint density at radius 1 is 1.38 bits per heavy atom. The SMILES string of the molecule is Cc1nc(Br)c(CN2CCCC(O)(c3ccccc3)C2)[nH]1. The van der Waals surface area contributed by atoms with Crippen LogP contribution in [0, 0.1) is 6.92 Å². The molecular weight excluding hydrogens is 330 g/mol. The lowest BCUT2D eigenvalue weighted by molar-refractivity contribution is -0.0384. The van der Waals surface area contributed by atoms with Crippen LogP contribution in [0.3, 0.4) is 0 Å². The van der Waals surface area contributed by atoms with E-state index in [1.165, 1.54) is 0 Å². The molecule has 1 unspecified atom stereocenters. The molecule has 1 aliphatic heterocycles. The maximum Gasteiger partial charge on any atom is 0.128 e. The van der Waals surface area contributed by atoms with Crippen molar-refractivity contribution in [2.45, 2.75) is 31.9 Å². The molecule has 0 amide bonds. The quantitative estimate of drug-likeness (QED) is 0.895. The monoisotopic (exact) mass is 349 g/mol. The molecule has 0 aliphatic carbocycles. The minimum atomic E-state index is -0.749. The van der Waals surface area contributed by atoms with E-state index in [1.54, 1.807) is 0 Å². The maximum atomic E-state index is 11.0. The lowest BCUT2D eigenvalue weighted by Gasteiger charge is -2.39. The molecule has 5 heteroatoms. The Balaban J connectivity index is 1.75. The number of nitrogens with one attached hydrogen (secondary N) is 1. The maximum absolute atomic E-state index is 11.0. The summed E-state index contributed by atoms with van der Waals surface area (Å²) in [5.74, 6) is 0.909. The van der Waals surface area contributed by atoms with E-state index in [0.717, 1.165) is 47.6 Å². The summed E-state index contributed by atoms with van der Waals surface area (Å²) < 4.78 is 0.869. The molecule has 4 nitrogen and oxygen atoms in total. The van der Waals surface area contributed by atoms with Gasteiger partial charge in [-0.25, -0.2) is 4.98 Å². The van der Waals surface area contributed by atoms with Gasteiger partial charge in [0.05, 0.1) is 5.69 Å². The average molecular weight is 350 g/mol. The Morgan fingerprint density at radius 3 is 2.81 bits per heavy atom. The van der Waals surface area contributed by atoms with Crippen molar-refractivity contribution in [3.8, 4) is 0 Å². The smallest absolute Gasteiger partial charge is 0.128 e.